The highest BCUT2D eigenvalue weighted by molar-refractivity contribution is 5.78. The molecule has 0 aromatic heterocycles. The van der Waals surface area contributed by atoms with E-state index in [0.29, 0.717) is 18.9 Å². The van der Waals surface area contributed by atoms with E-state index in [9.17, 15) is 9.90 Å². The number of carbonyl (C=O) groups is 1. The molecule has 4 heteroatoms. The molecular weight excluding hydrogens is 266 g/mol. The average molecular weight is 291 g/mol. The van der Waals surface area contributed by atoms with Gasteiger partial charge in [-0.3, -0.25) is 4.79 Å². The lowest BCUT2D eigenvalue weighted by molar-refractivity contribution is -0.121. The molecule has 0 heterocycles. The molecule has 1 saturated carbocycles. The molecule has 1 unspecified atom stereocenters. The number of carbonyl (C=O) groups excluding carboxylic acids is 1. The summed E-state index contributed by atoms with van der Waals surface area (Å²) in [6.07, 6.45) is 5.71. The Hall–Kier alpha value is -1.55. The van der Waals surface area contributed by atoms with Crippen LogP contribution in [-0.2, 0) is 11.2 Å². The van der Waals surface area contributed by atoms with Gasteiger partial charge in [0.25, 0.3) is 0 Å². The molecule has 1 fully saturated rings. The molecular formula is C17H25NO3. The van der Waals surface area contributed by atoms with Crippen molar-refractivity contribution in [2.75, 3.05) is 13.7 Å². The Labute approximate surface area is 126 Å². The van der Waals surface area contributed by atoms with E-state index in [-0.39, 0.29) is 5.91 Å². The van der Waals surface area contributed by atoms with Crippen LogP contribution in [0.15, 0.2) is 24.3 Å². The van der Waals surface area contributed by atoms with Crippen LogP contribution in [0.2, 0.25) is 0 Å². The summed E-state index contributed by atoms with van der Waals surface area (Å²) in [5.74, 6) is 1.04. The zero-order chi connectivity index (χ0) is 15.1. The molecule has 1 amide bonds. The second-order valence-corrected chi connectivity index (χ2v) is 5.80. The number of aliphatic hydroxyl groups is 1. The van der Waals surface area contributed by atoms with Crippen molar-refractivity contribution in [1.82, 2.24) is 5.32 Å². The lowest BCUT2D eigenvalue weighted by Crippen LogP contribution is -2.37. The number of hydrogen-bond acceptors (Lipinski definition) is 3. The number of methoxy groups -OCH3 is 1. The van der Waals surface area contributed by atoms with Crippen LogP contribution in [-0.4, -0.2) is 30.8 Å². The van der Waals surface area contributed by atoms with Crippen molar-refractivity contribution in [2.24, 2.45) is 5.92 Å². The number of ether oxygens (including phenoxy) is 1. The van der Waals surface area contributed by atoms with Gasteiger partial charge in [0.1, 0.15) is 5.75 Å². The summed E-state index contributed by atoms with van der Waals surface area (Å²) in [5.41, 5.74) is 0.916. The summed E-state index contributed by atoms with van der Waals surface area (Å²) in [7, 11) is 1.61. The Morgan fingerprint density at radius 3 is 2.86 bits per heavy atom. The van der Waals surface area contributed by atoms with Crippen molar-refractivity contribution >= 4 is 5.91 Å². The first kappa shape index (κ1) is 15.8. The third-order valence-electron chi connectivity index (χ3n) is 4.20. The highest BCUT2D eigenvalue weighted by Gasteiger charge is 2.21. The minimum absolute atomic E-state index is 0.0573. The molecule has 1 aromatic carbocycles. The van der Waals surface area contributed by atoms with Gasteiger partial charge in [0.15, 0.2) is 0 Å². The third-order valence-corrected chi connectivity index (χ3v) is 4.20. The van der Waals surface area contributed by atoms with Crippen LogP contribution in [0.3, 0.4) is 0 Å². The molecule has 0 bridgehead atoms. The maximum absolute atomic E-state index is 11.9. The normalized spacial score (nSPS) is 17.2. The first-order chi connectivity index (χ1) is 10.2. The second kappa shape index (κ2) is 8.03. The number of nitrogens with one attached hydrogen (secondary N) is 1. The van der Waals surface area contributed by atoms with Crippen LogP contribution in [0.4, 0.5) is 0 Å². The van der Waals surface area contributed by atoms with Gasteiger partial charge in [0.05, 0.1) is 19.6 Å². The summed E-state index contributed by atoms with van der Waals surface area (Å²) in [6.45, 7) is 0.355. The smallest absolute Gasteiger partial charge is 0.224 e. The van der Waals surface area contributed by atoms with E-state index in [1.54, 1.807) is 7.11 Å². The lowest BCUT2D eigenvalue weighted by Gasteiger charge is -2.26. The molecule has 2 N–H and O–H groups in total. The second-order valence-electron chi connectivity index (χ2n) is 5.80. The van der Waals surface area contributed by atoms with Crippen LogP contribution in [0.25, 0.3) is 0 Å². The maximum Gasteiger partial charge on any atom is 0.224 e. The summed E-state index contributed by atoms with van der Waals surface area (Å²) >= 11 is 0. The van der Waals surface area contributed by atoms with E-state index in [0.717, 1.165) is 24.2 Å². The van der Waals surface area contributed by atoms with Crippen molar-refractivity contribution in [3.05, 3.63) is 29.8 Å². The predicted molar refractivity (Wildman–Crippen MR) is 82.3 cm³/mol. The fourth-order valence-corrected chi connectivity index (χ4v) is 2.93. The molecule has 1 aliphatic carbocycles. The number of aliphatic hydroxyl groups excluding tert-OH is 1. The number of benzene rings is 1. The molecule has 1 aliphatic rings. The molecule has 0 aliphatic heterocycles. The third kappa shape index (κ3) is 5.05. The molecule has 21 heavy (non-hydrogen) atoms. The Bertz CT molecular complexity index is 455. The number of rotatable bonds is 6. The van der Waals surface area contributed by atoms with E-state index in [1.165, 1.54) is 19.3 Å². The Morgan fingerprint density at radius 2 is 2.14 bits per heavy atom. The van der Waals surface area contributed by atoms with E-state index in [1.807, 2.05) is 24.3 Å². The van der Waals surface area contributed by atoms with Gasteiger partial charge in [-0.2, -0.15) is 0 Å². The van der Waals surface area contributed by atoms with Crippen LogP contribution in [0.5, 0.6) is 5.75 Å². The highest BCUT2D eigenvalue weighted by Crippen LogP contribution is 2.26. The molecule has 0 saturated heterocycles. The van der Waals surface area contributed by atoms with Crippen LogP contribution < -0.4 is 10.1 Å². The minimum Gasteiger partial charge on any atom is -0.497 e. The van der Waals surface area contributed by atoms with Crippen molar-refractivity contribution in [3.8, 4) is 5.75 Å². The largest absolute Gasteiger partial charge is 0.497 e. The van der Waals surface area contributed by atoms with Gasteiger partial charge in [-0.1, -0.05) is 31.4 Å². The fraction of sp³-hybridized carbons (Fsp3) is 0.588. The molecule has 116 valence electrons. The maximum atomic E-state index is 11.9. The first-order valence-electron chi connectivity index (χ1n) is 7.76. The SMILES string of the molecule is COc1cccc(CC(=O)NCC(O)C2CCCCC2)c1. The molecule has 1 atom stereocenters. The lowest BCUT2D eigenvalue weighted by atomic mass is 9.85. The monoisotopic (exact) mass is 291 g/mol. The van der Waals surface area contributed by atoms with Crippen molar-refractivity contribution in [1.29, 1.82) is 0 Å². The van der Waals surface area contributed by atoms with Crippen molar-refractivity contribution < 1.29 is 14.6 Å². The zero-order valence-electron chi connectivity index (χ0n) is 12.7. The van der Waals surface area contributed by atoms with Gasteiger partial charge in [-0.25, -0.2) is 0 Å². The quantitative estimate of drug-likeness (QED) is 0.845. The standard InChI is InChI=1S/C17H25NO3/c1-21-15-9-5-6-13(10-15)11-17(20)18-12-16(19)14-7-3-2-4-8-14/h5-6,9-10,14,16,19H,2-4,7-8,11-12H2,1H3,(H,18,20). The minimum atomic E-state index is -0.417. The van der Waals surface area contributed by atoms with Gasteiger partial charge in [0.2, 0.25) is 5.91 Å². The average Bonchev–Trinajstić information content (AvgIpc) is 2.53. The number of amides is 1. The summed E-state index contributed by atoms with van der Waals surface area (Å²) in [4.78, 5) is 11.9. The predicted octanol–water partition coefficient (Wildman–Crippen LogP) is 2.30. The highest BCUT2D eigenvalue weighted by atomic mass is 16.5. The summed E-state index contributed by atoms with van der Waals surface area (Å²) in [5, 5.41) is 13.0. The summed E-state index contributed by atoms with van der Waals surface area (Å²) < 4.78 is 5.14. The topological polar surface area (TPSA) is 58.6 Å². The van der Waals surface area contributed by atoms with Gasteiger partial charge in [-0.05, 0) is 36.5 Å². The molecule has 2 rings (SSSR count). The molecule has 0 radical (unpaired) electrons. The molecule has 1 aromatic rings. The molecule has 0 spiro atoms. The van der Waals surface area contributed by atoms with E-state index in [2.05, 4.69) is 5.32 Å². The van der Waals surface area contributed by atoms with Gasteiger partial charge >= 0.3 is 0 Å². The first-order valence-corrected chi connectivity index (χ1v) is 7.76. The van der Waals surface area contributed by atoms with Crippen LogP contribution >= 0.6 is 0 Å². The Kier molecular flexibility index (Phi) is 6.05. The fourth-order valence-electron chi connectivity index (χ4n) is 2.93. The van der Waals surface area contributed by atoms with Gasteiger partial charge in [-0.15, -0.1) is 0 Å². The van der Waals surface area contributed by atoms with Crippen LogP contribution in [0, 0.1) is 5.92 Å². The van der Waals surface area contributed by atoms with Crippen LogP contribution in [0.1, 0.15) is 37.7 Å². The van der Waals surface area contributed by atoms with Crippen molar-refractivity contribution in [3.63, 3.8) is 0 Å². The zero-order valence-corrected chi connectivity index (χ0v) is 12.7. The van der Waals surface area contributed by atoms with E-state index in [4.69, 9.17) is 4.74 Å². The van der Waals surface area contributed by atoms with Gasteiger partial charge < -0.3 is 15.2 Å². The van der Waals surface area contributed by atoms with Crippen molar-refractivity contribution in [2.45, 2.75) is 44.6 Å². The molecule has 4 nitrogen and oxygen atoms in total. The Morgan fingerprint density at radius 1 is 1.38 bits per heavy atom. The Balaban J connectivity index is 1.76. The van der Waals surface area contributed by atoms with E-state index < -0.39 is 6.10 Å². The number of hydrogen-bond donors (Lipinski definition) is 2. The van der Waals surface area contributed by atoms with E-state index >= 15 is 0 Å². The summed E-state index contributed by atoms with van der Waals surface area (Å²) in [6, 6.07) is 7.49. The van der Waals surface area contributed by atoms with Gasteiger partial charge in [0, 0.05) is 6.54 Å².